The molecule has 0 atom stereocenters. The summed E-state index contributed by atoms with van der Waals surface area (Å²) in [5.74, 6) is 1.31. The summed E-state index contributed by atoms with van der Waals surface area (Å²) in [6.07, 6.45) is 0. The van der Waals surface area contributed by atoms with Gasteiger partial charge in [0.05, 0.1) is 19.9 Å². The molecule has 1 aromatic carbocycles. The number of aromatic nitrogens is 2. The maximum Gasteiger partial charge on any atom is 0.170 e. The minimum atomic E-state index is -1.50. The molecule has 0 aliphatic heterocycles. The van der Waals surface area contributed by atoms with Gasteiger partial charge in [-0.05, 0) is 31.5 Å². The van der Waals surface area contributed by atoms with Crippen molar-refractivity contribution in [3.63, 3.8) is 0 Å². The molecule has 20 heavy (non-hydrogen) atoms. The van der Waals surface area contributed by atoms with Crippen molar-refractivity contribution in [2.75, 3.05) is 20.0 Å². The number of nitrogens with two attached hydrogens (primary N) is 1. The number of ether oxygens (including phenoxy) is 2. The van der Waals surface area contributed by atoms with E-state index in [2.05, 4.69) is 10.2 Å². The molecule has 0 aliphatic rings. The Morgan fingerprint density at radius 1 is 1.20 bits per heavy atom. The van der Waals surface area contributed by atoms with Gasteiger partial charge in [0, 0.05) is 11.6 Å². The monoisotopic (exact) mass is 279 g/mol. The smallest absolute Gasteiger partial charge is 0.170 e. The predicted molar refractivity (Wildman–Crippen MR) is 75.7 cm³/mol. The Morgan fingerprint density at radius 2 is 1.90 bits per heavy atom. The van der Waals surface area contributed by atoms with Gasteiger partial charge in [0.2, 0.25) is 0 Å². The molecule has 0 unspecified atom stereocenters. The molecule has 0 aliphatic carbocycles. The lowest BCUT2D eigenvalue weighted by atomic mass is 9.96. The van der Waals surface area contributed by atoms with Gasteiger partial charge in [-0.2, -0.15) is 5.10 Å². The van der Waals surface area contributed by atoms with Crippen molar-refractivity contribution >= 4 is 5.82 Å². The van der Waals surface area contributed by atoms with Crippen LogP contribution in [0, 0.1) is 0 Å². The fraction of sp³-hybridized carbons (Fsp3) is 0.357. The fourth-order valence-electron chi connectivity index (χ4n) is 1.98. The summed E-state index contributed by atoms with van der Waals surface area (Å²) in [5.41, 5.74) is 5.89. The van der Waals surface area contributed by atoms with Crippen molar-refractivity contribution < 1.29 is 13.9 Å². The maximum absolute atomic E-state index is 14.2. The van der Waals surface area contributed by atoms with E-state index in [1.165, 1.54) is 28.1 Å². The van der Waals surface area contributed by atoms with Gasteiger partial charge in [-0.1, -0.05) is 0 Å². The highest BCUT2D eigenvalue weighted by atomic mass is 19.1. The first-order chi connectivity index (χ1) is 9.36. The third-order valence-corrected chi connectivity index (χ3v) is 3.05. The average molecular weight is 279 g/mol. The largest absolute Gasteiger partial charge is 0.493 e. The summed E-state index contributed by atoms with van der Waals surface area (Å²) in [6, 6.07) is 4.99. The van der Waals surface area contributed by atoms with Crippen molar-refractivity contribution in [1.29, 1.82) is 0 Å². The zero-order valence-corrected chi connectivity index (χ0v) is 12.0. The van der Waals surface area contributed by atoms with Crippen LogP contribution < -0.4 is 15.2 Å². The van der Waals surface area contributed by atoms with Crippen LogP contribution in [0.1, 0.15) is 19.4 Å². The molecule has 0 amide bonds. The average Bonchev–Trinajstić information content (AvgIpc) is 2.82. The fourth-order valence-corrected chi connectivity index (χ4v) is 1.98. The topological polar surface area (TPSA) is 73.2 Å². The van der Waals surface area contributed by atoms with E-state index in [1.54, 1.807) is 18.2 Å². The first-order valence-corrected chi connectivity index (χ1v) is 6.13. The highest BCUT2D eigenvalue weighted by Gasteiger charge is 2.24. The van der Waals surface area contributed by atoms with Crippen LogP contribution in [0.3, 0.4) is 0 Å². The highest BCUT2D eigenvalue weighted by Crippen LogP contribution is 2.42. The van der Waals surface area contributed by atoms with E-state index in [9.17, 15) is 4.39 Å². The summed E-state index contributed by atoms with van der Waals surface area (Å²) >= 11 is 0. The third kappa shape index (κ3) is 2.54. The van der Waals surface area contributed by atoms with Crippen LogP contribution in [0.2, 0.25) is 0 Å². The van der Waals surface area contributed by atoms with E-state index in [0.29, 0.717) is 34.1 Å². The number of benzene rings is 1. The first kappa shape index (κ1) is 14.2. The normalized spacial score (nSPS) is 11.4. The third-order valence-electron chi connectivity index (χ3n) is 3.05. The van der Waals surface area contributed by atoms with Crippen LogP contribution in [0.25, 0.3) is 11.3 Å². The molecule has 108 valence electrons. The molecule has 3 N–H and O–H groups in total. The predicted octanol–water partition coefficient (Wildman–Crippen LogP) is 2.88. The number of alkyl halides is 1. The van der Waals surface area contributed by atoms with Crippen molar-refractivity contribution in [1.82, 2.24) is 10.2 Å². The van der Waals surface area contributed by atoms with Gasteiger partial charge >= 0.3 is 0 Å². The van der Waals surface area contributed by atoms with Gasteiger partial charge < -0.3 is 15.2 Å². The molecule has 1 heterocycles. The molecule has 0 bridgehead atoms. The van der Waals surface area contributed by atoms with Crippen LogP contribution in [-0.4, -0.2) is 24.4 Å². The lowest BCUT2D eigenvalue weighted by Gasteiger charge is -2.19. The van der Waals surface area contributed by atoms with Gasteiger partial charge in [-0.15, -0.1) is 0 Å². The molecule has 2 rings (SSSR count). The van der Waals surface area contributed by atoms with E-state index >= 15 is 0 Å². The molecule has 0 spiro atoms. The summed E-state index contributed by atoms with van der Waals surface area (Å²) in [5, 5.41) is 6.67. The van der Waals surface area contributed by atoms with Crippen LogP contribution in [-0.2, 0) is 5.67 Å². The van der Waals surface area contributed by atoms with E-state index in [4.69, 9.17) is 15.2 Å². The zero-order valence-electron chi connectivity index (χ0n) is 12.0. The Labute approximate surface area is 116 Å². The van der Waals surface area contributed by atoms with Crippen molar-refractivity contribution in [2.24, 2.45) is 0 Å². The molecule has 5 nitrogen and oxygen atoms in total. The van der Waals surface area contributed by atoms with Crippen LogP contribution in [0.5, 0.6) is 11.5 Å². The number of halogens is 1. The molecular formula is C14H18FN3O2. The maximum atomic E-state index is 14.2. The number of nitrogens with zero attached hydrogens (tertiary/aromatic N) is 1. The van der Waals surface area contributed by atoms with Crippen LogP contribution >= 0.6 is 0 Å². The van der Waals surface area contributed by atoms with E-state index in [1.807, 2.05) is 0 Å². The van der Waals surface area contributed by atoms with Gasteiger partial charge in [-0.25, -0.2) is 4.39 Å². The number of nitrogen functional groups attached to an aromatic ring is 1. The summed E-state index contributed by atoms with van der Waals surface area (Å²) in [4.78, 5) is 0. The number of aromatic amines is 1. The molecule has 0 radical (unpaired) electrons. The van der Waals surface area contributed by atoms with E-state index < -0.39 is 5.67 Å². The second-order valence-corrected chi connectivity index (χ2v) is 4.94. The second kappa shape index (κ2) is 5.03. The SMILES string of the molecule is COc1cc(C(C)(C)F)cc(-c2cc(N)n[nH]2)c1OC. The Balaban J connectivity index is 2.69. The lowest BCUT2D eigenvalue weighted by Crippen LogP contribution is -2.10. The van der Waals surface area contributed by atoms with Crippen LogP contribution in [0.4, 0.5) is 10.2 Å². The quantitative estimate of drug-likeness (QED) is 0.902. The number of nitrogens with one attached hydrogen (secondary N) is 1. The molecule has 0 saturated heterocycles. The van der Waals surface area contributed by atoms with Gasteiger partial charge in [0.15, 0.2) is 11.5 Å². The molecule has 0 fully saturated rings. The summed E-state index contributed by atoms with van der Waals surface area (Å²) in [7, 11) is 3.04. The Kier molecular flexibility index (Phi) is 3.57. The van der Waals surface area contributed by atoms with Gasteiger partial charge in [0.1, 0.15) is 11.5 Å². The minimum absolute atomic E-state index is 0.353. The molecule has 0 saturated carbocycles. The molecule has 2 aromatic rings. The van der Waals surface area contributed by atoms with E-state index in [0.717, 1.165) is 0 Å². The lowest BCUT2D eigenvalue weighted by molar-refractivity contribution is 0.220. The number of hydrogen-bond donors (Lipinski definition) is 2. The van der Waals surface area contributed by atoms with Gasteiger partial charge in [0.25, 0.3) is 0 Å². The summed E-state index contributed by atoms with van der Waals surface area (Å²) < 4.78 is 24.9. The van der Waals surface area contributed by atoms with Crippen LogP contribution in [0.15, 0.2) is 18.2 Å². The summed E-state index contributed by atoms with van der Waals surface area (Å²) in [6.45, 7) is 2.97. The van der Waals surface area contributed by atoms with Crippen molar-refractivity contribution in [3.05, 3.63) is 23.8 Å². The van der Waals surface area contributed by atoms with Crippen molar-refractivity contribution in [3.8, 4) is 22.8 Å². The Morgan fingerprint density at radius 3 is 2.35 bits per heavy atom. The first-order valence-electron chi connectivity index (χ1n) is 6.13. The zero-order chi connectivity index (χ0) is 14.9. The highest BCUT2D eigenvalue weighted by molar-refractivity contribution is 5.74. The Bertz CT molecular complexity index is 617. The molecule has 1 aromatic heterocycles. The number of hydrogen-bond acceptors (Lipinski definition) is 4. The van der Waals surface area contributed by atoms with Gasteiger partial charge in [-0.3, -0.25) is 5.10 Å². The molecule has 6 heteroatoms. The second-order valence-electron chi connectivity index (χ2n) is 4.94. The molecular weight excluding hydrogens is 261 g/mol. The standard InChI is InChI=1S/C14H18FN3O2/c1-14(2,15)8-5-9(10-7-12(16)18-17-10)13(20-4)11(6-8)19-3/h5-7H,1-4H3,(H3,16,17,18). The van der Waals surface area contributed by atoms with E-state index in [-0.39, 0.29) is 0 Å². The number of methoxy groups -OCH3 is 2. The number of anilines is 1. The number of H-pyrrole nitrogens is 1. The van der Waals surface area contributed by atoms with Crippen molar-refractivity contribution in [2.45, 2.75) is 19.5 Å². The number of rotatable bonds is 4. The minimum Gasteiger partial charge on any atom is -0.493 e. The Hall–Kier alpha value is -2.24.